The highest BCUT2D eigenvalue weighted by molar-refractivity contribution is 5.77. The Morgan fingerprint density at radius 2 is 2.14 bits per heavy atom. The van der Waals surface area contributed by atoms with Crippen molar-refractivity contribution in [1.29, 1.82) is 0 Å². The molecule has 0 bridgehead atoms. The van der Waals surface area contributed by atoms with E-state index in [1.54, 1.807) is 0 Å². The maximum absolute atomic E-state index is 5.74. The zero-order valence-corrected chi connectivity index (χ0v) is 9.79. The average Bonchev–Trinajstić information content (AvgIpc) is 2.13. The molecule has 0 aromatic carbocycles. The van der Waals surface area contributed by atoms with Crippen molar-refractivity contribution >= 4 is 5.96 Å². The van der Waals surface area contributed by atoms with Crippen molar-refractivity contribution in [3.63, 3.8) is 0 Å². The number of rotatable bonds is 6. The van der Waals surface area contributed by atoms with Crippen LogP contribution in [0.2, 0.25) is 0 Å². The van der Waals surface area contributed by atoms with Crippen LogP contribution >= 0.6 is 0 Å². The van der Waals surface area contributed by atoms with Gasteiger partial charge >= 0.3 is 0 Å². The zero-order valence-electron chi connectivity index (χ0n) is 9.79. The van der Waals surface area contributed by atoms with Crippen LogP contribution in [0.25, 0.3) is 0 Å². The van der Waals surface area contributed by atoms with E-state index in [1.807, 2.05) is 25.8 Å². The molecule has 84 valence electrons. The number of aliphatic imine (C=N–C) groups is 1. The van der Waals surface area contributed by atoms with Crippen molar-refractivity contribution in [2.75, 3.05) is 26.7 Å². The van der Waals surface area contributed by atoms with Crippen LogP contribution in [0.1, 0.15) is 27.2 Å². The van der Waals surface area contributed by atoms with Gasteiger partial charge in [0.25, 0.3) is 0 Å². The summed E-state index contributed by atoms with van der Waals surface area (Å²) in [6.45, 7) is 8.40. The zero-order chi connectivity index (χ0) is 11.0. The first kappa shape index (κ1) is 13.2. The molecule has 0 radical (unpaired) electrons. The first-order valence-corrected chi connectivity index (χ1v) is 5.20. The number of hydrogen-bond donors (Lipinski definition) is 1. The fourth-order valence-corrected chi connectivity index (χ4v) is 0.887. The van der Waals surface area contributed by atoms with Gasteiger partial charge < -0.3 is 15.4 Å². The summed E-state index contributed by atoms with van der Waals surface area (Å²) in [5.41, 5.74) is 5.74. The molecule has 0 aliphatic carbocycles. The minimum atomic E-state index is 0.275. The second-order valence-electron chi connectivity index (χ2n) is 3.58. The quantitative estimate of drug-likeness (QED) is 0.516. The van der Waals surface area contributed by atoms with Crippen LogP contribution in [-0.4, -0.2) is 43.7 Å². The van der Waals surface area contributed by atoms with E-state index in [0.29, 0.717) is 12.6 Å². The molecule has 0 saturated heterocycles. The van der Waals surface area contributed by atoms with Crippen molar-refractivity contribution in [3.8, 4) is 0 Å². The van der Waals surface area contributed by atoms with E-state index in [2.05, 4.69) is 11.9 Å². The van der Waals surface area contributed by atoms with Crippen LogP contribution in [0.3, 0.4) is 0 Å². The van der Waals surface area contributed by atoms with Crippen LogP contribution in [0, 0.1) is 0 Å². The van der Waals surface area contributed by atoms with E-state index < -0.39 is 0 Å². The molecule has 0 atom stereocenters. The molecule has 0 unspecified atom stereocenters. The highest BCUT2D eigenvalue weighted by atomic mass is 16.5. The molecule has 0 aromatic rings. The molecule has 0 saturated carbocycles. The Balaban J connectivity index is 3.66. The molecule has 0 fully saturated rings. The summed E-state index contributed by atoms with van der Waals surface area (Å²) in [7, 11) is 1.93. The van der Waals surface area contributed by atoms with E-state index in [9.17, 15) is 0 Å². The van der Waals surface area contributed by atoms with Gasteiger partial charge in [-0.15, -0.1) is 0 Å². The Bertz CT molecular complexity index is 169. The Hall–Kier alpha value is -0.770. The lowest BCUT2D eigenvalue weighted by Crippen LogP contribution is -2.36. The monoisotopic (exact) mass is 201 g/mol. The van der Waals surface area contributed by atoms with Crippen LogP contribution < -0.4 is 5.73 Å². The summed E-state index contributed by atoms with van der Waals surface area (Å²) < 4.78 is 5.41. The topological polar surface area (TPSA) is 50.8 Å². The first-order valence-electron chi connectivity index (χ1n) is 5.20. The van der Waals surface area contributed by atoms with Crippen LogP contribution in [0.4, 0.5) is 0 Å². The van der Waals surface area contributed by atoms with E-state index in [4.69, 9.17) is 10.5 Å². The molecule has 0 aliphatic rings. The summed E-state index contributed by atoms with van der Waals surface area (Å²) in [4.78, 5) is 6.12. The number of likely N-dealkylation sites (N-methyl/N-ethyl adjacent to an activating group) is 1. The maximum atomic E-state index is 5.74. The van der Waals surface area contributed by atoms with Crippen molar-refractivity contribution in [2.24, 2.45) is 10.7 Å². The van der Waals surface area contributed by atoms with Gasteiger partial charge in [0.15, 0.2) is 5.96 Å². The Morgan fingerprint density at radius 3 is 2.64 bits per heavy atom. The van der Waals surface area contributed by atoms with Gasteiger partial charge in [-0.05, 0) is 20.3 Å². The standard InChI is InChI=1S/C10H23N3O/c1-5-6-12-10(11)13(4)7-8-14-9(2)3/h9H,5-8H2,1-4H3,(H2,11,12). The van der Waals surface area contributed by atoms with Gasteiger partial charge in [0.1, 0.15) is 0 Å². The molecule has 0 rings (SSSR count). The molecule has 2 N–H and O–H groups in total. The number of nitrogens with zero attached hydrogens (tertiary/aromatic N) is 2. The highest BCUT2D eigenvalue weighted by Gasteiger charge is 2.01. The number of hydrogen-bond acceptors (Lipinski definition) is 2. The maximum Gasteiger partial charge on any atom is 0.191 e. The van der Waals surface area contributed by atoms with Gasteiger partial charge in [-0.1, -0.05) is 6.92 Å². The average molecular weight is 201 g/mol. The van der Waals surface area contributed by atoms with E-state index in [-0.39, 0.29) is 6.10 Å². The highest BCUT2D eigenvalue weighted by Crippen LogP contribution is 1.90. The summed E-state index contributed by atoms with van der Waals surface area (Å²) in [6, 6.07) is 0. The normalized spacial score (nSPS) is 12.2. The van der Waals surface area contributed by atoms with Crippen LogP contribution in [-0.2, 0) is 4.74 Å². The predicted octanol–water partition coefficient (Wildman–Crippen LogP) is 1.07. The lowest BCUT2D eigenvalue weighted by Gasteiger charge is -2.18. The second kappa shape index (κ2) is 7.62. The molecule has 4 nitrogen and oxygen atoms in total. The SMILES string of the molecule is CCCN=C(N)N(C)CCOC(C)C. The Morgan fingerprint density at radius 1 is 1.50 bits per heavy atom. The number of nitrogens with two attached hydrogens (primary N) is 1. The number of ether oxygens (including phenoxy) is 1. The largest absolute Gasteiger partial charge is 0.377 e. The third-order valence-corrected chi connectivity index (χ3v) is 1.77. The van der Waals surface area contributed by atoms with E-state index in [1.165, 1.54) is 0 Å². The van der Waals surface area contributed by atoms with E-state index >= 15 is 0 Å². The minimum absolute atomic E-state index is 0.275. The third kappa shape index (κ3) is 6.71. The molecule has 0 spiro atoms. The summed E-state index contributed by atoms with van der Waals surface area (Å²) in [5, 5.41) is 0. The van der Waals surface area contributed by atoms with Gasteiger partial charge in [-0.2, -0.15) is 0 Å². The Labute approximate surface area is 87.1 Å². The smallest absolute Gasteiger partial charge is 0.191 e. The fourth-order valence-electron chi connectivity index (χ4n) is 0.887. The van der Waals surface area contributed by atoms with Gasteiger partial charge in [-0.3, -0.25) is 4.99 Å². The molecule has 0 aliphatic heterocycles. The summed E-state index contributed by atoms with van der Waals surface area (Å²) in [5.74, 6) is 0.596. The number of guanidine groups is 1. The first-order chi connectivity index (χ1) is 6.57. The molecule has 14 heavy (non-hydrogen) atoms. The molecular weight excluding hydrogens is 178 g/mol. The fraction of sp³-hybridized carbons (Fsp3) is 0.900. The molecule has 0 aromatic heterocycles. The van der Waals surface area contributed by atoms with Gasteiger partial charge in [0.2, 0.25) is 0 Å². The van der Waals surface area contributed by atoms with Crippen LogP contribution in [0.15, 0.2) is 4.99 Å². The van der Waals surface area contributed by atoms with Crippen molar-refractivity contribution in [1.82, 2.24) is 4.90 Å². The van der Waals surface area contributed by atoms with Crippen molar-refractivity contribution in [3.05, 3.63) is 0 Å². The van der Waals surface area contributed by atoms with Crippen molar-refractivity contribution in [2.45, 2.75) is 33.3 Å². The minimum Gasteiger partial charge on any atom is -0.377 e. The Kier molecular flexibility index (Phi) is 7.20. The van der Waals surface area contributed by atoms with E-state index in [0.717, 1.165) is 19.5 Å². The van der Waals surface area contributed by atoms with Gasteiger partial charge in [-0.25, -0.2) is 0 Å². The van der Waals surface area contributed by atoms with Gasteiger partial charge in [0, 0.05) is 20.1 Å². The van der Waals surface area contributed by atoms with Crippen LogP contribution in [0.5, 0.6) is 0 Å². The summed E-state index contributed by atoms with van der Waals surface area (Å²) in [6.07, 6.45) is 1.30. The third-order valence-electron chi connectivity index (χ3n) is 1.77. The molecule has 0 amide bonds. The lowest BCUT2D eigenvalue weighted by atomic mass is 10.5. The lowest BCUT2D eigenvalue weighted by molar-refractivity contribution is 0.0723. The van der Waals surface area contributed by atoms with Crippen molar-refractivity contribution < 1.29 is 4.74 Å². The molecule has 4 heteroatoms. The predicted molar refractivity (Wildman–Crippen MR) is 60.5 cm³/mol. The molecular formula is C10H23N3O. The van der Waals surface area contributed by atoms with Gasteiger partial charge in [0.05, 0.1) is 12.7 Å². The second-order valence-corrected chi connectivity index (χ2v) is 3.58. The molecule has 0 heterocycles. The summed E-state index contributed by atoms with van der Waals surface area (Å²) >= 11 is 0.